The highest BCUT2D eigenvalue weighted by molar-refractivity contribution is 5.92. The van der Waals surface area contributed by atoms with Gasteiger partial charge in [-0.3, -0.25) is 4.99 Å². The van der Waals surface area contributed by atoms with E-state index in [4.69, 9.17) is 5.73 Å². The second-order valence-electron chi connectivity index (χ2n) is 6.23. The molecule has 0 amide bonds. The number of aliphatic imine (C=N–C) groups is 1. The Labute approximate surface area is 134 Å². The predicted molar refractivity (Wildman–Crippen MR) is 95.6 cm³/mol. The van der Waals surface area contributed by atoms with Crippen LogP contribution in [0.25, 0.3) is 0 Å². The number of piperidine rings is 1. The Morgan fingerprint density at radius 2 is 1.91 bits per heavy atom. The molecule has 0 radical (unpaired) electrons. The quantitative estimate of drug-likeness (QED) is 0.625. The number of hydrogen-bond acceptors (Lipinski definition) is 2. The van der Waals surface area contributed by atoms with Crippen LogP contribution in [-0.4, -0.2) is 37.0 Å². The largest absolute Gasteiger partial charge is 0.370 e. The third-order valence-corrected chi connectivity index (χ3v) is 4.51. The molecule has 2 rings (SSSR count). The van der Waals surface area contributed by atoms with E-state index in [1.807, 2.05) is 0 Å². The summed E-state index contributed by atoms with van der Waals surface area (Å²) < 4.78 is 0. The first kappa shape index (κ1) is 16.8. The van der Waals surface area contributed by atoms with Crippen molar-refractivity contribution in [2.75, 3.05) is 31.5 Å². The molecule has 1 aromatic carbocycles. The molecule has 0 bridgehead atoms. The summed E-state index contributed by atoms with van der Waals surface area (Å²) in [6.45, 7) is 8.65. The van der Waals surface area contributed by atoms with Gasteiger partial charge >= 0.3 is 0 Å². The van der Waals surface area contributed by atoms with E-state index in [1.54, 1.807) is 0 Å². The minimum Gasteiger partial charge on any atom is -0.370 e. The number of likely N-dealkylation sites (tertiary alicyclic amines) is 1. The maximum atomic E-state index is 5.97. The van der Waals surface area contributed by atoms with Crippen LogP contribution in [0, 0.1) is 0 Å². The molecule has 1 atom stereocenters. The van der Waals surface area contributed by atoms with Gasteiger partial charge in [0.15, 0.2) is 5.96 Å². The lowest BCUT2D eigenvalue weighted by atomic mass is 9.99. The van der Waals surface area contributed by atoms with Gasteiger partial charge in [0.1, 0.15) is 0 Å². The summed E-state index contributed by atoms with van der Waals surface area (Å²) >= 11 is 0. The average molecular weight is 302 g/mol. The summed E-state index contributed by atoms with van der Waals surface area (Å²) in [5.74, 6) is 1.11. The van der Waals surface area contributed by atoms with Gasteiger partial charge in [0.2, 0.25) is 0 Å². The molecule has 0 spiro atoms. The van der Waals surface area contributed by atoms with Crippen molar-refractivity contribution in [3.63, 3.8) is 0 Å². The molecule has 0 aromatic heterocycles. The van der Waals surface area contributed by atoms with Crippen molar-refractivity contribution in [2.24, 2.45) is 10.7 Å². The summed E-state index contributed by atoms with van der Waals surface area (Å²) in [5, 5.41) is 3.17. The van der Waals surface area contributed by atoms with E-state index in [2.05, 4.69) is 53.3 Å². The molecule has 1 heterocycles. The van der Waals surface area contributed by atoms with Crippen molar-refractivity contribution in [2.45, 2.75) is 45.4 Å². The van der Waals surface area contributed by atoms with E-state index in [0.29, 0.717) is 11.9 Å². The molecule has 122 valence electrons. The van der Waals surface area contributed by atoms with Gasteiger partial charge in [0, 0.05) is 12.2 Å². The fraction of sp³-hybridized carbons (Fsp3) is 0.611. The van der Waals surface area contributed by atoms with E-state index >= 15 is 0 Å². The van der Waals surface area contributed by atoms with Crippen molar-refractivity contribution in [1.29, 1.82) is 0 Å². The third kappa shape index (κ3) is 5.34. The lowest BCUT2D eigenvalue weighted by Gasteiger charge is -2.25. The zero-order chi connectivity index (χ0) is 15.8. The van der Waals surface area contributed by atoms with Crippen molar-refractivity contribution in [3.05, 3.63) is 29.8 Å². The lowest BCUT2D eigenvalue weighted by molar-refractivity contribution is 0.235. The smallest absolute Gasteiger partial charge is 0.193 e. The van der Waals surface area contributed by atoms with Gasteiger partial charge in [-0.15, -0.1) is 0 Å². The molecule has 1 fully saturated rings. The number of nitrogens with two attached hydrogens (primary N) is 1. The topological polar surface area (TPSA) is 53.6 Å². The highest BCUT2D eigenvalue weighted by Crippen LogP contribution is 2.20. The SMILES string of the molecule is CCC(C)c1ccc(NC(N)=NCCN2CCCCC2)cc1. The number of anilines is 1. The third-order valence-electron chi connectivity index (χ3n) is 4.51. The standard InChI is InChI=1S/C18H30N4/c1-3-15(2)16-7-9-17(10-8-16)21-18(19)20-11-14-22-12-5-4-6-13-22/h7-10,15H,3-6,11-14H2,1-2H3,(H3,19,20,21). The van der Waals surface area contributed by atoms with Gasteiger partial charge in [-0.2, -0.15) is 0 Å². The van der Waals surface area contributed by atoms with Crippen LogP contribution in [0.15, 0.2) is 29.3 Å². The van der Waals surface area contributed by atoms with E-state index in [1.165, 1.54) is 37.9 Å². The molecule has 1 aromatic rings. The van der Waals surface area contributed by atoms with Gasteiger partial charge in [-0.05, 0) is 56.0 Å². The number of hydrogen-bond donors (Lipinski definition) is 2. The Balaban J connectivity index is 1.77. The first-order valence-electron chi connectivity index (χ1n) is 8.58. The van der Waals surface area contributed by atoms with Crippen LogP contribution in [0.3, 0.4) is 0 Å². The van der Waals surface area contributed by atoms with E-state index in [0.717, 1.165) is 25.2 Å². The summed E-state index contributed by atoms with van der Waals surface area (Å²) in [6.07, 6.45) is 5.17. The molecule has 0 aliphatic carbocycles. The van der Waals surface area contributed by atoms with E-state index in [9.17, 15) is 0 Å². The van der Waals surface area contributed by atoms with Crippen LogP contribution in [0.2, 0.25) is 0 Å². The van der Waals surface area contributed by atoms with Gasteiger partial charge in [0.05, 0.1) is 6.54 Å². The summed E-state index contributed by atoms with van der Waals surface area (Å²) in [4.78, 5) is 6.90. The van der Waals surface area contributed by atoms with Crippen LogP contribution in [0.1, 0.15) is 51.0 Å². The van der Waals surface area contributed by atoms with Crippen LogP contribution >= 0.6 is 0 Å². The van der Waals surface area contributed by atoms with Crippen molar-refractivity contribution < 1.29 is 0 Å². The summed E-state index contributed by atoms with van der Waals surface area (Å²) in [5.41, 5.74) is 8.34. The number of benzene rings is 1. The minimum absolute atomic E-state index is 0.508. The Morgan fingerprint density at radius 1 is 1.23 bits per heavy atom. The first-order valence-corrected chi connectivity index (χ1v) is 8.58. The lowest BCUT2D eigenvalue weighted by Crippen LogP contribution is -2.32. The predicted octanol–water partition coefficient (Wildman–Crippen LogP) is 3.41. The fourth-order valence-corrected chi connectivity index (χ4v) is 2.81. The summed E-state index contributed by atoms with van der Waals surface area (Å²) in [7, 11) is 0. The number of rotatable bonds is 6. The molecule has 1 unspecified atom stereocenters. The highest BCUT2D eigenvalue weighted by atomic mass is 15.2. The van der Waals surface area contributed by atoms with Crippen LogP contribution in [0.4, 0.5) is 5.69 Å². The molecular weight excluding hydrogens is 272 g/mol. The average Bonchev–Trinajstić information content (AvgIpc) is 2.56. The maximum Gasteiger partial charge on any atom is 0.193 e. The molecular formula is C18H30N4. The monoisotopic (exact) mass is 302 g/mol. The van der Waals surface area contributed by atoms with Crippen LogP contribution in [0.5, 0.6) is 0 Å². The Bertz CT molecular complexity index is 460. The second kappa shape index (κ2) is 8.79. The van der Waals surface area contributed by atoms with E-state index < -0.39 is 0 Å². The fourth-order valence-electron chi connectivity index (χ4n) is 2.81. The van der Waals surface area contributed by atoms with Crippen LogP contribution in [-0.2, 0) is 0 Å². The Hall–Kier alpha value is -1.55. The molecule has 0 saturated carbocycles. The van der Waals surface area contributed by atoms with Crippen molar-refractivity contribution in [3.8, 4) is 0 Å². The van der Waals surface area contributed by atoms with Gasteiger partial charge in [-0.1, -0.05) is 32.4 Å². The number of nitrogens with one attached hydrogen (secondary N) is 1. The Morgan fingerprint density at radius 3 is 2.55 bits per heavy atom. The molecule has 4 heteroatoms. The van der Waals surface area contributed by atoms with Gasteiger partial charge < -0.3 is 16.0 Å². The van der Waals surface area contributed by atoms with Crippen molar-refractivity contribution >= 4 is 11.6 Å². The van der Waals surface area contributed by atoms with Gasteiger partial charge in [-0.25, -0.2) is 0 Å². The molecule has 4 nitrogen and oxygen atoms in total. The zero-order valence-corrected chi connectivity index (χ0v) is 14.0. The molecule has 22 heavy (non-hydrogen) atoms. The normalized spacial score (nSPS) is 18.2. The number of guanidine groups is 1. The maximum absolute atomic E-state index is 5.97. The molecule has 1 saturated heterocycles. The van der Waals surface area contributed by atoms with Crippen LogP contribution < -0.4 is 11.1 Å². The minimum atomic E-state index is 0.508. The highest BCUT2D eigenvalue weighted by Gasteiger charge is 2.08. The zero-order valence-electron chi connectivity index (χ0n) is 14.0. The number of nitrogens with zero attached hydrogens (tertiary/aromatic N) is 2. The van der Waals surface area contributed by atoms with Crippen molar-refractivity contribution in [1.82, 2.24) is 4.90 Å². The van der Waals surface area contributed by atoms with Gasteiger partial charge in [0.25, 0.3) is 0 Å². The molecule has 1 aliphatic heterocycles. The van der Waals surface area contributed by atoms with E-state index in [-0.39, 0.29) is 0 Å². The summed E-state index contributed by atoms with van der Waals surface area (Å²) in [6, 6.07) is 8.48. The Kier molecular flexibility index (Phi) is 6.72. The molecule has 3 N–H and O–H groups in total. The first-order chi connectivity index (χ1) is 10.7. The molecule has 1 aliphatic rings. The second-order valence-corrected chi connectivity index (χ2v) is 6.23.